The van der Waals surface area contributed by atoms with Crippen LogP contribution in [0.2, 0.25) is 0 Å². The van der Waals surface area contributed by atoms with E-state index in [0.29, 0.717) is 38.4 Å². The number of carbonyl (C=O) groups is 1. The van der Waals surface area contributed by atoms with Crippen molar-refractivity contribution in [3.63, 3.8) is 0 Å². The molecule has 0 atom stereocenters. The monoisotopic (exact) mass is 369 g/mol. The standard InChI is InChI=1S/C15H13F6NO3/c16-14(17,18)12-9(1-2-11(24)13(12)15(19,20)21)10(23)3-4-22-5-7-25-8-6-22/h1-4,24H,5-8H2. The van der Waals surface area contributed by atoms with Crippen molar-refractivity contribution in [2.45, 2.75) is 12.4 Å². The first-order valence-corrected chi connectivity index (χ1v) is 7.06. The minimum Gasteiger partial charge on any atom is -0.507 e. The number of phenolic OH excluding ortho intramolecular Hbond substituents is 1. The van der Waals surface area contributed by atoms with E-state index in [1.54, 1.807) is 4.90 Å². The van der Waals surface area contributed by atoms with Crippen LogP contribution in [-0.4, -0.2) is 42.1 Å². The molecule has 2 rings (SSSR count). The summed E-state index contributed by atoms with van der Waals surface area (Å²) in [7, 11) is 0. The van der Waals surface area contributed by atoms with Crippen molar-refractivity contribution in [1.29, 1.82) is 0 Å². The van der Waals surface area contributed by atoms with Crippen molar-refractivity contribution in [2.24, 2.45) is 0 Å². The molecule has 1 aromatic carbocycles. The van der Waals surface area contributed by atoms with Crippen molar-refractivity contribution >= 4 is 5.78 Å². The largest absolute Gasteiger partial charge is 0.507 e. The van der Waals surface area contributed by atoms with E-state index in [1.165, 1.54) is 6.20 Å². The topological polar surface area (TPSA) is 49.8 Å². The Morgan fingerprint density at radius 3 is 2.12 bits per heavy atom. The van der Waals surface area contributed by atoms with Gasteiger partial charge in [0, 0.05) is 30.9 Å². The molecule has 0 saturated carbocycles. The summed E-state index contributed by atoms with van der Waals surface area (Å²) < 4.78 is 83.4. The second-order valence-electron chi connectivity index (χ2n) is 5.21. The van der Waals surface area contributed by atoms with Gasteiger partial charge in [-0.3, -0.25) is 4.79 Å². The number of carbonyl (C=O) groups excluding carboxylic acids is 1. The predicted octanol–water partition coefficient (Wildman–Crippen LogP) is 3.46. The average Bonchev–Trinajstić information content (AvgIpc) is 2.51. The van der Waals surface area contributed by atoms with Crippen LogP contribution >= 0.6 is 0 Å². The molecule has 1 N–H and O–H groups in total. The molecule has 1 saturated heterocycles. The van der Waals surface area contributed by atoms with Gasteiger partial charge in [-0.15, -0.1) is 0 Å². The molecular weight excluding hydrogens is 356 g/mol. The van der Waals surface area contributed by atoms with E-state index in [-0.39, 0.29) is 0 Å². The summed E-state index contributed by atoms with van der Waals surface area (Å²) in [4.78, 5) is 13.6. The molecule has 0 radical (unpaired) electrons. The molecule has 25 heavy (non-hydrogen) atoms. The van der Waals surface area contributed by atoms with Gasteiger partial charge in [0.25, 0.3) is 0 Å². The van der Waals surface area contributed by atoms with Crippen LogP contribution in [0.1, 0.15) is 21.5 Å². The van der Waals surface area contributed by atoms with Crippen LogP contribution in [0.3, 0.4) is 0 Å². The first-order chi connectivity index (χ1) is 11.5. The number of halogens is 6. The van der Waals surface area contributed by atoms with Gasteiger partial charge >= 0.3 is 12.4 Å². The molecule has 0 bridgehead atoms. The summed E-state index contributed by atoms with van der Waals surface area (Å²) in [5, 5.41) is 9.26. The van der Waals surface area contributed by atoms with Crippen molar-refractivity contribution in [1.82, 2.24) is 4.90 Å². The Balaban J connectivity index is 2.46. The molecular formula is C15H13F6NO3. The molecule has 0 aromatic heterocycles. The minimum absolute atomic E-state index is 0.365. The molecule has 0 unspecified atom stereocenters. The van der Waals surface area contributed by atoms with Crippen molar-refractivity contribution in [2.75, 3.05) is 26.3 Å². The van der Waals surface area contributed by atoms with Gasteiger partial charge in [-0.25, -0.2) is 0 Å². The lowest BCUT2D eigenvalue weighted by molar-refractivity contribution is -0.163. The SMILES string of the molecule is O=C(C=CN1CCOCC1)c1ccc(O)c(C(F)(F)F)c1C(F)(F)F. The van der Waals surface area contributed by atoms with E-state index in [9.17, 15) is 36.2 Å². The highest BCUT2D eigenvalue weighted by Gasteiger charge is 2.47. The van der Waals surface area contributed by atoms with E-state index in [4.69, 9.17) is 4.74 Å². The molecule has 1 aliphatic rings. The van der Waals surface area contributed by atoms with Crippen molar-refractivity contribution in [3.05, 3.63) is 41.1 Å². The van der Waals surface area contributed by atoms with Crippen LogP contribution in [0.4, 0.5) is 26.3 Å². The lowest BCUT2D eigenvalue weighted by Crippen LogP contribution is -2.32. The van der Waals surface area contributed by atoms with Gasteiger partial charge in [-0.05, 0) is 12.1 Å². The lowest BCUT2D eigenvalue weighted by atomic mass is 9.96. The fourth-order valence-electron chi connectivity index (χ4n) is 2.37. The summed E-state index contributed by atoms with van der Waals surface area (Å²) in [6.07, 6.45) is -8.96. The third-order valence-corrected chi connectivity index (χ3v) is 3.50. The molecule has 1 aliphatic heterocycles. The number of phenols is 1. The summed E-state index contributed by atoms with van der Waals surface area (Å²) in [6, 6.07) is 0.952. The number of rotatable bonds is 3. The van der Waals surface area contributed by atoms with Crippen LogP contribution in [0.15, 0.2) is 24.4 Å². The van der Waals surface area contributed by atoms with Gasteiger partial charge in [0.1, 0.15) is 11.3 Å². The third kappa shape index (κ3) is 4.44. The Morgan fingerprint density at radius 1 is 1.04 bits per heavy atom. The number of hydrogen-bond donors (Lipinski definition) is 1. The number of nitrogens with zero attached hydrogens (tertiary/aromatic N) is 1. The molecule has 138 valence electrons. The Kier molecular flexibility index (Phi) is 5.31. The van der Waals surface area contributed by atoms with Crippen LogP contribution in [0.25, 0.3) is 0 Å². The molecule has 10 heteroatoms. The highest BCUT2D eigenvalue weighted by Crippen LogP contribution is 2.46. The predicted molar refractivity (Wildman–Crippen MR) is 74.0 cm³/mol. The Bertz CT molecular complexity index is 675. The van der Waals surface area contributed by atoms with Gasteiger partial charge in [-0.2, -0.15) is 26.3 Å². The zero-order valence-electron chi connectivity index (χ0n) is 12.6. The Morgan fingerprint density at radius 2 is 1.60 bits per heavy atom. The van der Waals surface area contributed by atoms with Gasteiger partial charge < -0.3 is 14.7 Å². The van der Waals surface area contributed by atoms with Gasteiger partial charge in [0.05, 0.1) is 18.8 Å². The molecule has 1 heterocycles. The number of allylic oxidation sites excluding steroid dienone is 1. The number of benzene rings is 1. The summed E-state index contributed by atoms with van der Waals surface area (Å²) in [5.41, 5.74) is -5.65. The Labute approximate surface area is 138 Å². The maximum Gasteiger partial charge on any atom is 0.420 e. The van der Waals surface area contributed by atoms with E-state index < -0.39 is 40.6 Å². The zero-order valence-corrected chi connectivity index (χ0v) is 12.6. The first kappa shape index (κ1) is 19.1. The minimum atomic E-state index is -5.47. The number of ketones is 1. The summed E-state index contributed by atoms with van der Waals surface area (Å²) >= 11 is 0. The Hall–Kier alpha value is -2.23. The van der Waals surface area contributed by atoms with E-state index in [2.05, 4.69) is 0 Å². The average molecular weight is 369 g/mol. The fourth-order valence-corrected chi connectivity index (χ4v) is 2.37. The van der Waals surface area contributed by atoms with E-state index >= 15 is 0 Å². The highest BCUT2D eigenvalue weighted by atomic mass is 19.4. The van der Waals surface area contributed by atoms with Crippen molar-refractivity contribution < 1.29 is 41.0 Å². The third-order valence-electron chi connectivity index (χ3n) is 3.50. The number of aromatic hydroxyl groups is 1. The number of alkyl halides is 6. The molecule has 4 nitrogen and oxygen atoms in total. The molecule has 1 fully saturated rings. The van der Waals surface area contributed by atoms with Crippen LogP contribution in [0, 0.1) is 0 Å². The van der Waals surface area contributed by atoms with Gasteiger partial charge in [0.15, 0.2) is 5.78 Å². The lowest BCUT2D eigenvalue weighted by Gasteiger charge is -2.25. The van der Waals surface area contributed by atoms with Gasteiger partial charge in [-0.1, -0.05) is 0 Å². The van der Waals surface area contributed by atoms with E-state index in [1.807, 2.05) is 0 Å². The number of morpholine rings is 1. The number of ether oxygens (including phenoxy) is 1. The molecule has 1 aromatic rings. The number of hydrogen-bond acceptors (Lipinski definition) is 4. The van der Waals surface area contributed by atoms with Crippen molar-refractivity contribution in [3.8, 4) is 5.75 Å². The first-order valence-electron chi connectivity index (χ1n) is 7.06. The van der Waals surface area contributed by atoms with Gasteiger partial charge in [0.2, 0.25) is 0 Å². The molecule has 0 amide bonds. The maximum atomic E-state index is 13.2. The molecule has 0 aliphatic carbocycles. The second kappa shape index (κ2) is 6.95. The van der Waals surface area contributed by atoms with Crippen LogP contribution < -0.4 is 0 Å². The summed E-state index contributed by atoms with van der Waals surface area (Å²) in [5.74, 6) is -2.84. The highest BCUT2D eigenvalue weighted by molar-refractivity contribution is 6.06. The molecule has 0 spiro atoms. The summed E-state index contributed by atoms with van der Waals surface area (Å²) in [6.45, 7) is 1.53. The van der Waals surface area contributed by atoms with E-state index in [0.717, 1.165) is 6.08 Å². The quantitative estimate of drug-likeness (QED) is 0.504. The fraction of sp³-hybridized carbons (Fsp3) is 0.400. The zero-order chi connectivity index (χ0) is 18.8. The maximum absolute atomic E-state index is 13.2. The van der Waals surface area contributed by atoms with Crippen LogP contribution in [-0.2, 0) is 17.1 Å². The van der Waals surface area contributed by atoms with Crippen LogP contribution in [0.5, 0.6) is 5.75 Å². The normalized spacial score (nSPS) is 16.5. The smallest absolute Gasteiger partial charge is 0.420 e. The second-order valence-corrected chi connectivity index (χ2v) is 5.21.